The number of H-pyrrole nitrogens is 1. The smallest absolute Gasteiger partial charge is 0.142 e. The maximum Gasteiger partial charge on any atom is 0.142 e. The molecule has 4 aromatic rings. The Morgan fingerprint density at radius 2 is 2.09 bits per heavy atom. The lowest BCUT2D eigenvalue weighted by Gasteiger charge is -2.04. The number of hydrogen-bond acceptors (Lipinski definition) is 2. The lowest BCUT2D eigenvalue weighted by Crippen LogP contribution is -1.84. The minimum Gasteiger partial charge on any atom is -0.346 e. The van der Waals surface area contributed by atoms with Crippen LogP contribution in [0.15, 0.2) is 48.1 Å². The number of aryl methyl sites for hydroxylation is 1. The number of thiophene rings is 1. The molecule has 1 N–H and O–H groups in total. The van der Waals surface area contributed by atoms with Gasteiger partial charge in [-0.2, -0.15) is 0 Å². The molecule has 5 heteroatoms. The summed E-state index contributed by atoms with van der Waals surface area (Å²) >= 11 is 7.82. The molecule has 3 heterocycles. The maximum absolute atomic E-state index is 13.8. The molecule has 0 spiro atoms. The van der Waals surface area contributed by atoms with Crippen molar-refractivity contribution in [2.45, 2.75) is 6.92 Å². The predicted octanol–water partition coefficient (Wildman–Crippen LogP) is 6.06. The average molecular weight is 343 g/mol. The molecule has 2 nitrogen and oxygen atoms in total. The number of halogens is 2. The van der Waals surface area contributed by atoms with E-state index in [9.17, 15) is 4.39 Å². The third-order valence-corrected chi connectivity index (χ3v) is 5.27. The summed E-state index contributed by atoms with van der Waals surface area (Å²) in [5, 5.41) is 3.17. The van der Waals surface area contributed by atoms with Gasteiger partial charge in [-0.3, -0.25) is 0 Å². The van der Waals surface area contributed by atoms with Gasteiger partial charge in [0.1, 0.15) is 11.5 Å². The fourth-order valence-corrected chi connectivity index (χ4v) is 3.77. The van der Waals surface area contributed by atoms with Gasteiger partial charge in [0.2, 0.25) is 0 Å². The third-order valence-electron chi connectivity index (χ3n) is 3.79. The number of aromatic nitrogens is 2. The second-order valence-electron chi connectivity index (χ2n) is 5.41. The van der Waals surface area contributed by atoms with E-state index in [1.165, 1.54) is 11.6 Å². The quantitative estimate of drug-likeness (QED) is 0.471. The first-order valence-electron chi connectivity index (χ1n) is 7.10. The van der Waals surface area contributed by atoms with Gasteiger partial charge in [-0.05, 0) is 36.1 Å². The van der Waals surface area contributed by atoms with Crippen LogP contribution in [-0.4, -0.2) is 9.97 Å². The van der Waals surface area contributed by atoms with Gasteiger partial charge in [-0.15, -0.1) is 11.3 Å². The lowest BCUT2D eigenvalue weighted by molar-refractivity contribution is 0.629. The highest BCUT2D eigenvalue weighted by Crippen LogP contribution is 2.36. The first kappa shape index (κ1) is 14.4. The summed E-state index contributed by atoms with van der Waals surface area (Å²) in [5.41, 5.74) is 4.56. The normalized spacial score (nSPS) is 11.3. The van der Waals surface area contributed by atoms with E-state index in [2.05, 4.69) is 34.4 Å². The van der Waals surface area contributed by atoms with E-state index >= 15 is 0 Å². The van der Waals surface area contributed by atoms with Gasteiger partial charge in [-0.1, -0.05) is 23.7 Å². The number of hydrogen-bond donors (Lipinski definition) is 1. The fourth-order valence-electron chi connectivity index (χ4n) is 2.66. The van der Waals surface area contributed by atoms with Crippen molar-refractivity contribution in [2.24, 2.45) is 0 Å². The minimum absolute atomic E-state index is 0.130. The van der Waals surface area contributed by atoms with E-state index in [0.717, 1.165) is 27.0 Å². The van der Waals surface area contributed by atoms with Crippen LogP contribution in [-0.2, 0) is 0 Å². The van der Waals surface area contributed by atoms with Gasteiger partial charge >= 0.3 is 0 Å². The second-order valence-corrected chi connectivity index (χ2v) is 6.70. The highest BCUT2D eigenvalue weighted by atomic mass is 35.5. The van der Waals surface area contributed by atoms with Crippen LogP contribution >= 0.6 is 22.9 Å². The molecule has 1 aromatic carbocycles. The van der Waals surface area contributed by atoms with Crippen molar-refractivity contribution in [2.75, 3.05) is 0 Å². The zero-order chi connectivity index (χ0) is 16.0. The Morgan fingerprint density at radius 1 is 1.22 bits per heavy atom. The van der Waals surface area contributed by atoms with Crippen LogP contribution < -0.4 is 0 Å². The summed E-state index contributed by atoms with van der Waals surface area (Å²) in [5.74, 6) is -0.420. The molecule has 0 bridgehead atoms. The maximum atomic E-state index is 13.8. The van der Waals surface area contributed by atoms with Gasteiger partial charge in [0.05, 0.1) is 5.02 Å². The molecule has 4 rings (SSSR count). The number of fused-ring (bicyclic) bond motifs is 1. The molecule has 3 aromatic heterocycles. The molecule has 0 aliphatic rings. The number of rotatable bonds is 2. The molecule has 0 aliphatic heterocycles. The Hall–Kier alpha value is -2.17. The summed E-state index contributed by atoms with van der Waals surface area (Å²) in [4.78, 5) is 8.77. The highest BCUT2D eigenvalue weighted by Gasteiger charge is 2.14. The number of nitrogens with zero attached hydrogens (tertiary/aromatic N) is 1. The zero-order valence-corrected chi connectivity index (χ0v) is 13.8. The fraction of sp³-hybridized carbons (Fsp3) is 0.0556. The van der Waals surface area contributed by atoms with Crippen LogP contribution in [0.25, 0.3) is 32.6 Å². The summed E-state index contributed by atoms with van der Waals surface area (Å²) in [6, 6.07) is 9.04. The lowest BCUT2D eigenvalue weighted by atomic mass is 10.0. The summed E-state index contributed by atoms with van der Waals surface area (Å²) < 4.78 is 13.8. The topological polar surface area (TPSA) is 28.7 Å². The van der Waals surface area contributed by atoms with Crippen LogP contribution in [0.2, 0.25) is 5.02 Å². The van der Waals surface area contributed by atoms with E-state index < -0.39 is 5.82 Å². The van der Waals surface area contributed by atoms with Crippen LogP contribution in [0.3, 0.4) is 0 Å². The molecule has 0 saturated carbocycles. The number of pyridine rings is 1. The molecule has 0 radical (unpaired) electrons. The van der Waals surface area contributed by atoms with Crippen LogP contribution in [0.4, 0.5) is 4.39 Å². The molecule has 114 valence electrons. The molecular weight excluding hydrogens is 331 g/mol. The molecular formula is C18H12ClFN2S. The Labute approximate surface area is 141 Å². The predicted molar refractivity (Wildman–Crippen MR) is 94.5 cm³/mol. The van der Waals surface area contributed by atoms with Crippen molar-refractivity contribution in [1.82, 2.24) is 9.97 Å². The van der Waals surface area contributed by atoms with E-state index in [0.29, 0.717) is 5.56 Å². The van der Waals surface area contributed by atoms with Crippen molar-refractivity contribution in [3.05, 3.63) is 64.5 Å². The van der Waals surface area contributed by atoms with Crippen LogP contribution in [0, 0.1) is 12.7 Å². The second kappa shape index (κ2) is 5.48. The van der Waals surface area contributed by atoms with Crippen LogP contribution in [0.1, 0.15) is 5.56 Å². The van der Waals surface area contributed by atoms with E-state index in [4.69, 9.17) is 11.6 Å². The van der Waals surface area contributed by atoms with E-state index in [-0.39, 0.29) is 5.02 Å². The Morgan fingerprint density at radius 3 is 2.87 bits per heavy atom. The minimum atomic E-state index is -0.420. The van der Waals surface area contributed by atoms with Crippen molar-refractivity contribution in [1.29, 1.82) is 0 Å². The van der Waals surface area contributed by atoms with Gasteiger partial charge < -0.3 is 4.98 Å². The molecule has 0 unspecified atom stereocenters. The molecule has 23 heavy (non-hydrogen) atoms. The van der Waals surface area contributed by atoms with E-state index in [1.807, 2.05) is 18.5 Å². The standard InChI is InChI=1S/C18H12ClFN2S/c1-10-5-16(23-9-10)11-6-13-14(8-22-18(13)21-7-11)12-3-2-4-15(20)17(12)19/h2-9H,1H3,(H,21,22). The highest BCUT2D eigenvalue weighted by molar-refractivity contribution is 7.13. The molecule has 0 saturated heterocycles. The van der Waals surface area contributed by atoms with Gasteiger partial charge in [0.15, 0.2) is 0 Å². The van der Waals surface area contributed by atoms with Crippen molar-refractivity contribution in [3.63, 3.8) is 0 Å². The average Bonchev–Trinajstić information content (AvgIpc) is 3.16. The van der Waals surface area contributed by atoms with Crippen LogP contribution in [0.5, 0.6) is 0 Å². The number of aromatic amines is 1. The Balaban J connectivity index is 1.93. The van der Waals surface area contributed by atoms with Crippen molar-refractivity contribution < 1.29 is 4.39 Å². The Bertz CT molecular complexity index is 1020. The van der Waals surface area contributed by atoms with Gasteiger partial charge in [0, 0.05) is 39.3 Å². The first-order valence-corrected chi connectivity index (χ1v) is 8.36. The summed E-state index contributed by atoms with van der Waals surface area (Å²) in [7, 11) is 0. The molecule has 0 aliphatic carbocycles. The molecule has 0 atom stereocenters. The zero-order valence-electron chi connectivity index (χ0n) is 12.2. The third kappa shape index (κ3) is 2.44. The summed E-state index contributed by atoms with van der Waals surface area (Å²) in [6.07, 6.45) is 3.67. The first-order chi connectivity index (χ1) is 11.1. The number of benzene rings is 1. The molecule has 0 fully saturated rings. The van der Waals surface area contributed by atoms with Crippen molar-refractivity contribution in [3.8, 4) is 21.6 Å². The van der Waals surface area contributed by atoms with Gasteiger partial charge in [-0.25, -0.2) is 9.37 Å². The van der Waals surface area contributed by atoms with Crippen molar-refractivity contribution >= 4 is 34.0 Å². The van der Waals surface area contributed by atoms with E-state index in [1.54, 1.807) is 17.4 Å². The Kier molecular flexibility index (Phi) is 3.43. The monoisotopic (exact) mass is 342 g/mol. The summed E-state index contributed by atoms with van der Waals surface area (Å²) in [6.45, 7) is 2.07. The van der Waals surface area contributed by atoms with Gasteiger partial charge in [0.25, 0.3) is 0 Å². The molecule has 0 amide bonds. The largest absolute Gasteiger partial charge is 0.346 e. The SMILES string of the molecule is Cc1csc(-c2cnc3[nH]cc(-c4cccc(F)c4Cl)c3c2)c1. The number of nitrogens with one attached hydrogen (secondary N) is 1.